The molecule has 1 heterocycles. The molecule has 0 amide bonds. The zero-order valence-corrected chi connectivity index (χ0v) is 9.98. The number of nitrogens with zero attached hydrogens (tertiary/aromatic N) is 2. The van der Waals surface area contributed by atoms with Crippen molar-refractivity contribution in [3.63, 3.8) is 0 Å². The lowest BCUT2D eigenvalue weighted by atomic mass is 9.93. The first-order chi connectivity index (χ1) is 7.92. The molecular formula is C12H21N3O. The predicted molar refractivity (Wildman–Crippen MR) is 63.3 cm³/mol. The summed E-state index contributed by atoms with van der Waals surface area (Å²) in [5.41, 5.74) is 1.31. The van der Waals surface area contributed by atoms with Gasteiger partial charge in [0.1, 0.15) is 0 Å². The minimum atomic E-state index is 0.658. The molecule has 0 aromatic carbocycles. The molecule has 4 heteroatoms. The molecule has 1 N–H and O–H groups in total. The second kappa shape index (κ2) is 6.01. The van der Waals surface area contributed by atoms with Gasteiger partial charge in [-0.25, -0.2) is 0 Å². The van der Waals surface area contributed by atoms with Crippen LogP contribution in [0.15, 0.2) is 12.3 Å². The fourth-order valence-corrected chi connectivity index (χ4v) is 2.00. The van der Waals surface area contributed by atoms with E-state index in [9.17, 15) is 0 Å². The third-order valence-electron chi connectivity index (χ3n) is 3.18. The van der Waals surface area contributed by atoms with Crippen molar-refractivity contribution in [2.75, 3.05) is 20.3 Å². The van der Waals surface area contributed by atoms with E-state index in [0.717, 1.165) is 26.1 Å². The summed E-state index contributed by atoms with van der Waals surface area (Å²) in [6, 6.07) is 2.77. The van der Waals surface area contributed by atoms with Crippen LogP contribution in [0.25, 0.3) is 0 Å². The van der Waals surface area contributed by atoms with E-state index in [0.29, 0.717) is 6.04 Å². The summed E-state index contributed by atoms with van der Waals surface area (Å²) in [7, 11) is 1.74. The average Bonchev–Trinajstić information content (AvgIpc) is 2.64. The van der Waals surface area contributed by atoms with E-state index in [1.807, 2.05) is 6.20 Å². The number of methoxy groups -OCH3 is 1. The molecule has 0 atom stereocenters. The second-order valence-electron chi connectivity index (χ2n) is 4.37. The monoisotopic (exact) mass is 223 g/mol. The number of aromatic nitrogens is 2. The smallest absolute Gasteiger partial charge is 0.0525 e. The summed E-state index contributed by atoms with van der Waals surface area (Å²) < 4.78 is 7.20. The summed E-state index contributed by atoms with van der Waals surface area (Å²) in [6.45, 7) is 2.75. The Balaban J connectivity index is 1.73. The Kier molecular flexibility index (Phi) is 4.36. The van der Waals surface area contributed by atoms with Crippen molar-refractivity contribution < 1.29 is 4.74 Å². The second-order valence-corrected chi connectivity index (χ2v) is 4.37. The van der Waals surface area contributed by atoms with Gasteiger partial charge in [-0.15, -0.1) is 0 Å². The van der Waals surface area contributed by atoms with Crippen molar-refractivity contribution in [3.05, 3.63) is 18.0 Å². The van der Waals surface area contributed by atoms with Crippen LogP contribution in [0.4, 0.5) is 0 Å². The topological polar surface area (TPSA) is 39.1 Å². The molecule has 1 aromatic rings. The van der Waals surface area contributed by atoms with Crippen LogP contribution < -0.4 is 5.32 Å². The van der Waals surface area contributed by atoms with Gasteiger partial charge in [0.15, 0.2) is 0 Å². The molecule has 0 spiro atoms. The molecule has 16 heavy (non-hydrogen) atoms. The number of hydrogen-bond acceptors (Lipinski definition) is 3. The highest BCUT2D eigenvalue weighted by Crippen LogP contribution is 2.31. The Bertz CT molecular complexity index is 307. The van der Waals surface area contributed by atoms with E-state index < -0.39 is 0 Å². The van der Waals surface area contributed by atoms with Crippen LogP contribution in [0.5, 0.6) is 0 Å². The number of ether oxygens (including phenoxy) is 1. The molecule has 0 aliphatic heterocycles. The van der Waals surface area contributed by atoms with Gasteiger partial charge in [0.2, 0.25) is 0 Å². The van der Waals surface area contributed by atoms with Gasteiger partial charge < -0.3 is 10.1 Å². The Morgan fingerprint density at radius 3 is 3.12 bits per heavy atom. The molecule has 0 radical (unpaired) electrons. The standard InChI is InChI=1S/C12H21N3O/c1-16-9-3-7-13-10-12-6-8-14-15(12)11-4-2-5-11/h6,8,11,13H,2-5,7,9-10H2,1H3. The SMILES string of the molecule is COCCCNCc1ccnn1C1CCC1. The van der Waals surface area contributed by atoms with Crippen molar-refractivity contribution in [1.82, 2.24) is 15.1 Å². The fraction of sp³-hybridized carbons (Fsp3) is 0.750. The summed E-state index contributed by atoms with van der Waals surface area (Å²) >= 11 is 0. The van der Waals surface area contributed by atoms with Crippen molar-refractivity contribution in [2.24, 2.45) is 0 Å². The number of hydrogen-bond donors (Lipinski definition) is 1. The molecule has 2 rings (SSSR count). The van der Waals surface area contributed by atoms with Gasteiger partial charge in [-0.1, -0.05) is 0 Å². The van der Waals surface area contributed by atoms with Crippen molar-refractivity contribution in [2.45, 2.75) is 38.3 Å². The van der Waals surface area contributed by atoms with Crippen LogP contribution in [-0.4, -0.2) is 30.0 Å². The summed E-state index contributed by atoms with van der Waals surface area (Å²) in [5, 5.41) is 7.83. The lowest BCUT2D eigenvalue weighted by Crippen LogP contribution is -2.24. The highest BCUT2D eigenvalue weighted by Gasteiger charge is 2.21. The predicted octanol–water partition coefficient (Wildman–Crippen LogP) is 1.73. The van der Waals surface area contributed by atoms with Gasteiger partial charge in [0, 0.05) is 26.5 Å². The summed E-state index contributed by atoms with van der Waals surface area (Å²) in [4.78, 5) is 0. The van der Waals surface area contributed by atoms with Gasteiger partial charge in [-0.05, 0) is 38.3 Å². The molecule has 1 saturated carbocycles. The fourth-order valence-electron chi connectivity index (χ4n) is 2.00. The van der Waals surface area contributed by atoms with Gasteiger partial charge in [-0.3, -0.25) is 4.68 Å². The molecule has 1 aliphatic rings. The van der Waals surface area contributed by atoms with E-state index in [1.54, 1.807) is 7.11 Å². The van der Waals surface area contributed by atoms with Crippen molar-refractivity contribution in [1.29, 1.82) is 0 Å². The molecule has 0 unspecified atom stereocenters. The van der Waals surface area contributed by atoms with Crippen LogP contribution in [0.2, 0.25) is 0 Å². The van der Waals surface area contributed by atoms with E-state index in [-0.39, 0.29) is 0 Å². The Morgan fingerprint density at radius 1 is 1.56 bits per heavy atom. The lowest BCUT2D eigenvalue weighted by Gasteiger charge is -2.27. The van der Waals surface area contributed by atoms with Crippen molar-refractivity contribution >= 4 is 0 Å². The van der Waals surface area contributed by atoms with Gasteiger partial charge in [0.05, 0.1) is 11.7 Å². The van der Waals surface area contributed by atoms with Crippen LogP contribution in [0, 0.1) is 0 Å². The quantitative estimate of drug-likeness (QED) is 0.716. The summed E-state index contributed by atoms with van der Waals surface area (Å²) in [6.07, 6.45) is 6.90. The Hall–Kier alpha value is -0.870. The molecule has 0 bridgehead atoms. The number of nitrogens with one attached hydrogen (secondary N) is 1. The molecule has 0 saturated heterocycles. The third kappa shape index (κ3) is 2.83. The first-order valence-corrected chi connectivity index (χ1v) is 6.14. The first-order valence-electron chi connectivity index (χ1n) is 6.14. The minimum Gasteiger partial charge on any atom is -0.385 e. The molecule has 90 valence electrons. The molecule has 4 nitrogen and oxygen atoms in total. The first kappa shape index (κ1) is 11.6. The van der Waals surface area contributed by atoms with Crippen LogP contribution in [0.3, 0.4) is 0 Å². The zero-order chi connectivity index (χ0) is 11.2. The normalized spacial score (nSPS) is 16.3. The van der Waals surface area contributed by atoms with E-state index in [4.69, 9.17) is 4.74 Å². The maximum atomic E-state index is 5.01. The number of rotatable bonds is 7. The van der Waals surface area contributed by atoms with Crippen LogP contribution in [-0.2, 0) is 11.3 Å². The van der Waals surface area contributed by atoms with Crippen molar-refractivity contribution in [3.8, 4) is 0 Å². The van der Waals surface area contributed by atoms with E-state index in [2.05, 4.69) is 21.2 Å². The largest absolute Gasteiger partial charge is 0.385 e. The van der Waals surface area contributed by atoms with Gasteiger partial charge >= 0.3 is 0 Å². The Morgan fingerprint density at radius 2 is 2.44 bits per heavy atom. The van der Waals surface area contributed by atoms with Crippen LogP contribution >= 0.6 is 0 Å². The maximum absolute atomic E-state index is 5.01. The molecule has 1 fully saturated rings. The van der Waals surface area contributed by atoms with E-state index >= 15 is 0 Å². The third-order valence-corrected chi connectivity index (χ3v) is 3.18. The zero-order valence-electron chi connectivity index (χ0n) is 9.98. The van der Waals surface area contributed by atoms with Gasteiger partial charge in [0.25, 0.3) is 0 Å². The highest BCUT2D eigenvalue weighted by molar-refractivity contribution is 5.02. The lowest BCUT2D eigenvalue weighted by molar-refractivity contribution is 0.194. The average molecular weight is 223 g/mol. The van der Waals surface area contributed by atoms with E-state index in [1.165, 1.54) is 25.0 Å². The van der Waals surface area contributed by atoms with Gasteiger partial charge in [-0.2, -0.15) is 5.10 Å². The Labute approximate surface area is 97.0 Å². The molecular weight excluding hydrogens is 202 g/mol. The summed E-state index contributed by atoms with van der Waals surface area (Å²) in [5.74, 6) is 0. The van der Waals surface area contributed by atoms with Crippen LogP contribution in [0.1, 0.15) is 37.4 Å². The minimum absolute atomic E-state index is 0.658. The molecule has 1 aliphatic carbocycles. The maximum Gasteiger partial charge on any atom is 0.0525 e. The molecule has 1 aromatic heterocycles. The highest BCUT2D eigenvalue weighted by atomic mass is 16.5.